The number of nitriles is 1. The number of carbonyl (C=O) groups excluding carboxylic acids is 1. The molecule has 1 aliphatic rings. The minimum atomic E-state index is -1.31. The molecule has 56 heavy (non-hydrogen) atoms. The van der Waals surface area contributed by atoms with Crippen molar-refractivity contribution in [2.75, 3.05) is 31.7 Å². The second-order valence-corrected chi connectivity index (χ2v) is 12.3. The Kier molecular flexibility index (Phi) is 16.3. The Hall–Kier alpha value is -6.02. The molecule has 0 aliphatic carbocycles. The first-order chi connectivity index (χ1) is 26.3. The summed E-state index contributed by atoms with van der Waals surface area (Å²) in [7, 11) is 1.67. The quantitative estimate of drug-likeness (QED) is 0.0659. The predicted molar refractivity (Wildman–Crippen MR) is 206 cm³/mol. The van der Waals surface area contributed by atoms with Crippen LogP contribution in [0.1, 0.15) is 40.5 Å². The summed E-state index contributed by atoms with van der Waals surface area (Å²) in [5.74, 6) is -2.21. The van der Waals surface area contributed by atoms with Crippen molar-refractivity contribution in [2.45, 2.75) is 12.8 Å². The van der Waals surface area contributed by atoms with E-state index in [9.17, 15) is 24.6 Å². The number of azo groups is 1. The number of urea groups is 1. The van der Waals surface area contributed by atoms with Crippen molar-refractivity contribution >= 4 is 63.2 Å². The monoisotopic (exact) mass is 790 g/mol. The number of amidine groups is 1. The molecule has 0 unspecified atom stereocenters. The Morgan fingerprint density at radius 2 is 1.43 bits per heavy atom. The largest absolute Gasteiger partial charge is 1.00 e. The number of aliphatic hydroxyl groups is 1. The van der Waals surface area contributed by atoms with Gasteiger partial charge in [-0.05, 0) is 89.1 Å². The number of amides is 2. The van der Waals surface area contributed by atoms with E-state index in [2.05, 4.69) is 28.4 Å². The van der Waals surface area contributed by atoms with Crippen LogP contribution in [0.5, 0.6) is 17.2 Å². The van der Waals surface area contributed by atoms with Gasteiger partial charge in [-0.1, -0.05) is 42.8 Å². The number of ether oxygens (including phenoxy) is 1. The molecule has 6 N–H and O–H groups in total. The molecule has 1 fully saturated rings. The van der Waals surface area contributed by atoms with Gasteiger partial charge in [-0.2, -0.15) is 15.5 Å². The Balaban J connectivity index is 0.000000294. The number of fused-ring (bicyclic) bond motifs is 1. The Morgan fingerprint density at radius 3 is 1.93 bits per heavy atom. The van der Waals surface area contributed by atoms with Gasteiger partial charge in [0.15, 0.2) is 0 Å². The fourth-order valence-electron chi connectivity index (χ4n) is 5.05. The number of rotatable bonds is 9. The number of aromatic hydroxyl groups is 2. The molecular weight excluding hydrogens is 755 g/mol. The third kappa shape index (κ3) is 11.5. The summed E-state index contributed by atoms with van der Waals surface area (Å²) in [6, 6.07) is 27.8. The van der Waals surface area contributed by atoms with Gasteiger partial charge in [0, 0.05) is 17.5 Å². The zero-order chi connectivity index (χ0) is 40.2. The topological polar surface area (TPSA) is 240 Å². The number of aromatic carboxylic acids is 2. The molecule has 0 spiro atoms. The fraction of sp³-hybridized carbons (Fsp3) is 0.154. The number of hydrogen-bond donors (Lipinski definition) is 6. The molecule has 1 saturated heterocycles. The van der Waals surface area contributed by atoms with Crippen LogP contribution in [0.4, 0.5) is 21.9 Å². The summed E-state index contributed by atoms with van der Waals surface area (Å²) in [6.45, 7) is 2.35. The number of nitrogens with one attached hydrogen (secondary N) is 1. The van der Waals surface area contributed by atoms with Crippen LogP contribution in [-0.4, -0.2) is 81.0 Å². The maximum atomic E-state index is 11.9. The third-order valence-electron chi connectivity index (χ3n) is 8.04. The predicted octanol–water partition coefficient (Wildman–Crippen LogP) is 5.05. The Morgan fingerprint density at radius 1 is 0.893 bits per heavy atom. The van der Waals surface area contributed by atoms with E-state index in [4.69, 9.17) is 42.3 Å². The summed E-state index contributed by atoms with van der Waals surface area (Å²) in [5.41, 5.74) is 1.44. The van der Waals surface area contributed by atoms with E-state index in [1.807, 2.05) is 31.2 Å². The van der Waals surface area contributed by atoms with Gasteiger partial charge in [-0.3, -0.25) is 5.41 Å². The fourth-order valence-corrected chi connectivity index (χ4v) is 5.18. The first kappa shape index (κ1) is 44.4. The van der Waals surface area contributed by atoms with Crippen LogP contribution in [0.3, 0.4) is 0 Å². The van der Waals surface area contributed by atoms with Gasteiger partial charge < -0.3 is 36.6 Å². The molecule has 2 amide bonds. The summed E-state index contributed by atoms with van der Waals surface area (Å²) in [6.07, 6.45) is 0. The Bertz CT molecular complexity index is 2240. The van der Waals surface area contributed by atoms with Crippen molar-refractivity contribution < 1.29 is 75.6 Å². The summed E-state index contributed by atoms with van der Waals surface area (Å²) < 4.78 is 5.18. The van der Waals surface area contributed by atoms with Crippen LogP contribution in [0.25, 0.3) is 10.8 Å². The molecule has 15 nitrogen and oxygen atoms in total. The molecule has 0 bridgehead atoms. The van der Waals surface area contributed by atoms with Crippen molar-refractivity contribution in [3.8, 4) is 23.3 Å². The van der Waals surface area contributed by atoms with Crippen molar-refractivity contribution in [1.29, 1.82) is 10.7 Å². The smallest absolute Gasteiger partial charge is 1.00 e. The van der Waals surface area contributed by atoms with E-state index >= 15 is 0 Å². The number of phenols is 2. The van der Waals surface area contributed by atoms with Crippen LogP contribution >= 0.6 is 11.6 Å². The number of hydrogen-bond acceptors (Lipinski definition) is 11. The average Bonchev–Trinajstić information content (AvgIpc) is 3.46. The van der Waals surface area contributed by atoms with Crippen molar-refractivity contribution in [1.82, 2.24) is 4.90 Å². The maximum absolute atomic E-state index is 11.9. The van der Waals surface area contributed by atoms with Crippen molar-refractivity contribution in [2.24, 2.45) is 10.2 Å². The van der Waals surface area contributed by atoms with Gasteiger partial charge in [0.1, 0.15) is 40.8 Å². The minimum absolute atomic E-state index is 0. The van der Waals surface area contributed by atoms with Gasteiger partial charge in [0.25, 0.3) is 0 Å². The third-order valence-corrected chi connectivity index (χ3v) is 8.29. The molecular formula is C39H36ClN6NaO9. The number of aliphatic hydroxyl groups excluding tert-OH is 1. The van der Waals surface area contributed by atoms with Gasteiger partial charge in [0.05, 0.1) is 36.8 Å². The summed E-state index contributed by atoms with van der Waals surface area (Å²) >= 11 is 5.76. The van der Waals surface area contributed by atoms with Gasteiger partial charge >= 0.3 is 47.5 Å². The SMILES string of the molecule is COc1ccc2cc([C@H](C)CO)ccc2c1.N#CCN1CC(=N)N(c2ccc(Cl)cc2)C1=O.O=C(O)c1cc(N=Nc2ccc(O)c(C(=O)O)c2)ccc1O.[H-].[Na+]. The van der Waals surface area contributed by atoms with E-state index in [1.165, 1.54) is 32.9 Å². The summed E-state index contributed by atoms with van der Waals surface area (Å²) in [4.78, 5) is 36.3. The second-order valence-electron chi connectivity index (χ2n) is 11.8. The van der Waals surface area contributed by atoms with Crippen molar-refractivity contribution in [3.05, 3.63) is 119 Å². The molecule has 284 valence electrons. The number of nitrogens with zero attached hydrogens (tertiary/aromatic N) is 5. The minimum Gasteiger partial charge on any atom is -1.00 e. The van der Waals surface area contributed by atoms with E-state index < -0.39 is 23.4 Å². The van der Waals surface area contributed by atoms with Crippen LogP contribution in [0, 0.1) is 16.7 Å². The van der Waals surface area contributed by atoms with Gasteiger partial charge in [-0.15, -0.1) is 0 Å². The molecule has 0 radical (unpaired) electrons. The zero-order valence-corrected chi connectivity index (χ0v) is 33.2. The molecule has 5 aromatic rings. The number of carbonyl (C=O) groups is 3. The zero-order valence-electron chi connectivity index (χ0n) is 31.4. The molecule has 17 heteroatoms. The van der Waals surface area contributed by atoms with Crippen LogP contribution < -0.4 is 39.2 Å². The molecule has 1 aliphatic heterocycles. The van der Waals surface area contributed by atoms with E-state index in [-0.39, 0.29) is 91.0 Å². The van der Waals surface area contributed by atoms with E-state index in [0.717, 1.165) is 35.4 Å². The van der Waals surface area contributed by atoms with Crippen LogP contribution in [0.2, 0.25) is 5.02 Å². The number of anilines is 1. The van der Waals surface area contributed by atoms with E-state index in [0.29, 0.717) is 10.7 Å². The molecule has 1 heterocycles. The second kappa shape index (κ2) is 20.6. The van der Waals surface area contributed by atoms with Gasteiger partial charge in [0.2, 0.25) is 0 Å². The molecule has 0 saturated carbocycles. The van der Waals surface area contributed by atoms with Gasteiger partial charge in [-0.25, -0.2) is 19.3 Å². The Labute approximate surface area is 349 Å². The molecule has 1 atom stereocenters. The standard InChI is InChI=1S/C14H10N2O6.C14H16O2.C11H9ClN4O.Na.H/c17-11-3-1-7(5-9(11)13(19)20)15-16-8-2-4-12(18)10(6-8)14(21)22;1-10(9-15)11-3-4-13-8-14(16-2)6-5-12(13)7-11;12-8-1-3-9(4-2-8)16-10(14)7-15(6-5-13)11(16)17;;/h1-6,17-18H,(H,19,20)(H,21,22);3-8,10,15H,9H2,1-2H3;1-4,14H,6-7H2;;/q;;;+1;-1/t;10-;;;/m.1.../s1. The number of benzene rings is 5. The van der Waals surface area contributed by atoms with Crippen LogP contribution in [-0.2, 0) is 0 Å². The first-order valence-electron chi connectivity index (χ1n) is 16.3. The van der Waals surface area contributed by atoms with Crippen LogP contribution in [0.15, 0.2) is 107 Å². The number of methoxy groups -OCH3 is 1. The number of carboxylic acid groups (broad SMARTS) is 2. The average molecular weight is 791 g/mol. The maximum Gasteiger partial charge on any atom is 1.00 e. The first-order valence-corrected chi connectivity index (χ1v) is 16.7. The van der Waals surface area contributed by atoms with E-state index in [1.54, 1.807) is 31.4 Å². The number of halogens is 1. The normalized spacial score (nSPS) is 12.5. The van der Waals surface area contributed by atoms with Crippen molar-refractivity contribution in [3.63, 3.8) is 0 Å². The molecule has 0 aromatic heterocycles. The summed E-state index contributed by atoms with van der Waals surface area (Å²) in [5, 5.41) is 72.4. The molecule has 5 aromatic carbocycles. The number of carboxylic acids is 2. The molecule has 6 rings (SSSR count).